The highest BCUT2D eigenvalue weighted by Crippen LogP contribution is 2.26. The molecule has 0 saturated heterocycles. The minimum atomic E-state index is -0.0250. The third kappa shape index (κ3) is 2.71. The van der Waals surface area contributed by atoms with E-state index in [1.54, 1.807) is 13.1 Å². The maximum atomic E-state index is 11.1. The molecule has 0 heterocycles. The van der Waals surface area contributed by atoms with E-state index in [1.807, 2.05) is 12.1 Å². The van der Waals surface area contributed by atoms with Crippen molar-refractivity contribution >= 4 is 33.4 Å². The molecule has 2 nitrogen and oxygen atoms in total. The molecule has 70 valence electrons. The number of halogens is 2. The first kappa shape index (κ1) is 10.5. The number of benzene rings is 1. The summed E-state index contributed by atoms with van der Waals surface area (Å²) in [7, 11) is 1.61. The molecule has 1 amide bonds. The van der Waals surface area contributed by atoms with Crippen LogP contribution in [0.3, 0.4) is 0 Å². The lowest BCUT2D eigenvalue weighted by Crippen LogP contribution is -2.20. The predicted molar refractivity (Wildman–Crippen MR) is 56.9 cm³/mol. The largest absolute Gasteiger partial charge is 0.359 e. The monoisotopic (exact) mass is 261 g/mol. The summed E-state index contributed by atoms with van der Waals surface area (Å²) in [5.74, 6) is -0.0250. The molecule has 0 unspecified atom stereocenters. The fourth-order valence-corrected chi connectivity index (χ4v) is 1.54. The van der Waals surface area contributed by atoms with E-state index in [0.29, 0.717) is 11.4 Å². The molecule has 1 rings (SSSR count). The number of nitrogens with one attached hydrogen (secondary N) is 1. The maximum Gasteiger partial charge on any atom is 0.224 e. The predicted octanol–water partition coefficient (Wildman–Crippen LogP) is 2.39. The second kappa shape index (κ2) is 4.63. The highest BCUT2D eigenvalue weighted by atomic mass is 79.9. The average molecular weight is 263 g/mol. The van der Waals surface area contributed by atoms with Gasteiger partial charge in [-0.05, 0) is 27.6 Å². The Kier molecular flexibility index (Phi) is 3.75. The van der Waals surface area contributed by atoms with Crippen molar-refractivity contribution in [3.63, 3.8) is 0 Å². The van der Waals surface area contributed by atoms with Gasteiger partial charge >= 0.3 is 0 Å². The smallest absolute Gasteiger partial charge is 0.224 e. The van der Waals surface area contributed by atoms with Gasteiger partial charge < -0.3 is 5.32 Å². The Morgan fingerprint density at radius 2 is 2.31 bits per heavy atom. The molecule has 0 aliphatic rings. The van der Waals surface area contributed by atoms with Gasteiger partial charge in [0, 0.05) is 11.5 Å². The van der Waals surface area contributed by atoms with Crippen LogP contribution >= 0.6 is 27.5 Å². The molecule has 0 aliphatic carbocycles. The molecule has 0 aromatic heterocycles. The Balaban J connectivity index is 2.89. The van der Waals surface area contributed by atoms with Crippen molar-refractivity contribution < 1.29 is 4.79 Å². The Bertz CT molecular complexity index is 327. The highest BCUT2D eigenvalue weighted by molar-refractivity contribution is 9.10. The SMILES string of the molecule is CNC(=O)Cc1cccc(Cl)c1Br. The zero-order valence-corrected chi connectivity index (χ0v) is 9.45. The molecular formula is C9H9BrClNO. The number of hydrogen-bond acceptors (Lipinski definition) is 1. The number of amides is 1. The number of carbonyl (C=O) groups is 1. The van der Waals surface area contributed by atoms with E-state index >= 15 is 0 Å². The Hall–Kier alpha value is -0.540. The fraction of sp³-hybridized carbons (Fsp3) is 0.222. The number of likely N-dealkylation sites (N-methyl/N-ethyl adjacent to an activating group) is 1. The lowest BCUT2D eigenvalue weighted by Gasteiger charge is -2.04. The first-order valence-electron chi connectivity index (χ1n) is 3.78. The lowest BCUT2D eigenvalue weighted by molar-refractivity contribution is -0.119. The standard InChI is InChI=1S/C9H9BrClNO/c1-12-8(13)5-6-3-2-4-7(11)9(6)10/h2-4H,5H2,1H3,(H,12,13). The molecule has 1 aromatic carbocycles. The van der Waals surface area contributed by atoms with Crippen molar-refractivity contribution in [3.05, 3.63) is 33.3 Å². The molecule has 0 radical (unpaired) electrons. The molecule has 0 aliphatic heterocycles. The molecule has 0 spiro atoms. The van der Waals surface area contributed by atoms with Gasteiger partial charge in [-0.1, -0.05) is 23.7 Å². The first-order chi connectivity index (χ1) is 6.15. The van der Waals surface area contributed by atoms with E-state index < -0.39 is 0 Å². The first-order valence-corrected chi connectivity index (χ1v) is 4.95. The van der Waals surface area contributed by atoms with E-state index in [9.17, 15) is 4.79 Å². The van der Waals surface area contributed by atoms with E-state index in [2.05, 4.69) is 21.2 Å². The minimum Gasteiger partial charge on any atom is -0.359 e. The molecule has 0 fully saturated rings. The normalized spacial score (nSPS) is 9.77. The van der Waals surface area contributed by atoms with Crippen molar-refractivity contribution in [2.24, 2.45) is 0 Å². The van der Waals surface area contributed by atoms with E-state index in [1.165, 1.54) is 0 Å². The van der Waals surface area contributed by atoms with Gasteiger partial charge in [0.1, 0.15) is 0 Å². The topological polar surface area (TPSA) is 29.1 Å². The van der Waals surface area contributed by atoms with Gasteiger partial charge in [-0.15, -0.1) is 0 Å². The molecule has 0 bridgehead atoms. The summed E-state index contributed by atoms with van der Waals surface area (Å²) in [6, 6.07) is 5.47. The maximum absolute atomic E-state index is 11.1. The summed E-state index contributed by atoms with van der Waals surface area (Å²) in [5, 5.41) is 3.18. The van der Waals surface area contributed by atoms with Gasteiger partial charge in [-0.2, -0.15) is 0 Å². The molecule has 1 aromatic rings. The zero-order chi connectivity index (χ0) is 9.84. The summed E-state index contributed by atoms with van der Waals surface area (Å²) >= 11 is 9.19. The number of hydrogen-bond donors (Lipinski definition) is 1. The molecular weight excluding hydrogens is 253 g/mol. The second-order valence-electron chi connectivity index (χ2n) is 2.56. The van der Waals surface area contributed by atoms with E-state index in [0.717, 1.165) is 10.0 Å². The Morgan fingerprint density at radius 3 is 2.92 bits per heavy atom. The van der Waals surface area contributed by atoms with Crippen LogP contribution in [-0.4, -0.2) is 13.0 Å². The quantitative estimate of drug-likeness (QED) is 0.871. The van der Waals surface area contributed by atoms with Crippen LogP contribution in [0.1, 0.15) is 5.56 Å². The van der Waals surface area contributed by atoms with Crippen LogP contribution in [-0.2, 0) is 11.2 Å². The van der Waals surface area contributed by atoms with Gasteiger partial charge in [-0.3, -0.25) is 4.79 Å². The van der Waals surface area contributed by atoms with Crippen molar-refractivity contribution in [1.29, 1.82) is 0 Å². The third-order valence-electron chi connectivity index (χ3n) is 1.66. The van der Waals surface area contributed by atoms with Gasteiger partial charge in [0.15, 0.2) is 0 Å². The van der Waals surface area contributed by atoms with Crippen LogP contribution in [0.5, 0.6) is 0 Å². The van der Waals surface area contributed by atoms with Crippen LogP contribution in [0.2, 0.25) is 5.02 Å². The lowest BCUT2D eigenvalue weighted by atomic mass is 10.1. The van der Waals surface area contributed by atoms with Gasteiger partial charge in [0.25, 0.3) is 0 Å². The van der Waals surface area contributed by atoms with Crippen LogP contribution in [0.4, 0.5) is 0 Å². The zero-order valence-electron chi connectivity index (χ0n) is 7.10. The third-order valence-corrected chi connectivity index (χ3v) is 3.14. The van der Waals surface area contributed by atoms with Crippen LogP contribution in [0.15, 0.2) is 22.7 Å². The Labute approximate surface area is 90.4 Å². The van der Waals surface area contributed by atoms with Crippen molar-refractivity contribution in [2.45, 2.75) is 6.42 Å². The molecule has 13 heavy (non-hydrogen) atoms. The van der Waals surface area contributed by atoms with Crippen LogP contribution in [0.25, 0.3) is 0 Å². The summed E-state index contributed by atoms with van der Waals surface area (Å²) < 4.78 is 0.792. The molecule has 0 atom stereocenters. The van der Waals surface area contributed by atoms with Gasteiger partial charge in [0.05, 0.1) is 11.4 Å². The van der Waals surface area contributed by atoms with Crippen molar-refractivity contribution in [3.8, 4) is 0 Å². The fourth-order valence-electron chi connectivity index (χ4n) is 0.946. The van der Waals surface area contributed by atoms with E-state index in [4.69, 9.17) is 11.6 Å². The van der Waals surface area contributed by atoms with Crippen LogP contribution in [0, 0.1) is 0 Å². The van der Waals surface area contributed by atoms with Crippen LogP contribution < -0.4 is 5.32 Å². The molecule has 1 N–H and O–H groups in total. The summed E-state index contributed by atoms with van der Waals surface area (Å²) in [6.07, 6.45) is 0.345. The average Bonchev–Trinajstić information content (AvgIpc) is 2.13. The van der Waals surface area contributed by atoms with Crippen molar-refractivity contribution in [1.82, 2.24) is 5.32 Å². The molecule has 0 saturated carbocycles. The second-order valence-corrected chi connectivity index (χ2v) is 3.76. The Morgan fingerprint density at radius 1 is 1.62 bits per heavy atom. The number of carbonyl (C=O) groups excluding carboxylic acids is 1. The number of rotatable bonds is 2. The summed E-state index contributed by atoms with van der Waals surface area (Å²) in [5.41, 5.74) is 0.895. The van der Waals surface area contributed by atoms with Crippen molar-refractivity contribution in [2.75, 3.05) is 7.05 Å². The summed E-state index contributed by atoms with van der Waals surface area (Å²) in [4.78, 5) is 11.1. The van der Waals surface area contributed by atoms with Gasteiger partial charge in [-0.25, -0.2) is 0 Å². The van der Waals surface area contributed by atoms with E-state index in [-0.39, 0.29) is 5.91 Å². The highest BCUT2D eigenvalue weighted by Gasteiger charge is 2.06. The van der Waals surface area contributed by atoms with Gasteiger partial charge in [0.2, 0.25) is 5.91 Å². The minimum absolute atomic E-state index is 0.0250. The molecule has 4 heteroatoms. The summed E-state index contributed by atoms with van der Waals surface area (Å²) in [6.45, 7) is 0.